The minimum absolute atomic E-state index is 0.0544. The van der Waals surface area contributed by atoms with E-state index in [1.165, 1.54) is 24.6 Å². The monoisotopic (exact) mass is 451 g/mol. The normalized spacial score (nSPS) is 20.0. The van der Waals surface area contributed by atoms with Crippen LogP contribution in [0.3, 0.4) is 0 Å². The van der Waals surface area contributed by atoms with Crippen molar-refractivity contribution >= 4 is 17.8 Å². The number of carboxylic acids is 1. The SMILES string of the molecule is O=C(NCCNC(=O)c1ccc(O[C@H]2CC[C@@H](C(=O)O)CC2)nc1)c1ccc(C2CC2)cc1. The van der Waals surface area contributed by atoms with E-state index in [1.807, 2.05) is 24.3 Å². The van der Waals surface area contributed by atoms with Gasteiger partial charge >= 0.3 is 5.97 Å². The van der Waals surface area contributed by atoms with E-state index < -0.39 is 5.97 Å². The van der Waals surface area contributed by atoms with Crippen molar-refractivity contribution in [2.24, 2.45) is 5.92 Å². The van der Waals surface area contributed by atoms with Crippen LogP contribution in [0, 0.1) is 5.92 Å². The highest BCUT2D eigenvalue weighted by Gasteiger charge is 2.27. The van der Waals surface area contributed by atoms with Crippen LogP contribution in [0.1, 0.15) is 70.7 Å². The summed E-state index contributed by atoms with van der Waals surface area (Å²) in [5.74, 6) is -0.395. The average molecular weight is 452 g/mol. The summed E-state index contributed by atoms with van der Waals surface area (Å²) in [6, 6.07) is 11.0. The van der Waals surface area contributed by atoms with Gasteiger partial charge in [-0.2, -0.15) is 0 Å². The van der Waals surface area contributed by atoms with Gasteiger partial charge in [-0.1, -0.05) is 12.1 Å². The topological polar surface area (TPSA) is 118 Å². The van der Waals surface area contributed by atoms with Crippen LogP contribution in [0.15, 0.2) is 42.6 Å². The third kappa shape index (κ3) is 6.31. The molecule has 0 spiro atoms. The number of benzene rings is 1. The predicted molar refractivity (Wildman–Crippen MR) is 121 cm³/mol. The van der Waals surface area contributed by atoms with Gasteiger partial charge in [-0.05, 0) is 68.2 Å². The Hall–Kier alpha value is -3.42. The van der Waals surface area contributed by atoms with Gasteiger partial charge in [0.05, 0.1) is 11.5 Å². The van der Waals surface area contributed by atoms with Crippen molar-refractivity contribution in [3.8, 4) is 5.88 Å². The first-order chi connectivity index (χ1) is 16.0. The summed E-state index contributed by atoms with van der Waals surface area (Å²) in [5, 5.41) is 14.6. The van der Waals surface area contributed by atoms with E-state index in [2.05, 4.69) is 15.6 Å². The molecule has 2 fully saturated rings. The molecule has 8 heteroatoms. The van der Waals surface area contributed by atoms with Crippen molar-refractivity contribution in [3.05, 3.63) is 59.3 Å². The van der Waals surface area contributed by atoms with E-state index in [-0.39, 0.29) is 23.8 Å². The summed E-state index contributed by atoms with van der Waals surface area (Å²) in [5.41, 5.74) is 2.30. The Bertz CT molecular complexity index is 978. The van der Waals surface area contributed by atoms with Crippen LogP contribution in [0.4, 0.5) is 0 Å². The molecular weight excluding hydrogens is 422 g/mol. The van der Waals surface area contributed by atoms with Gasteiger partial charge in [0.2, 0.25) is 5.88 Å². The molecule has 0 bridgehead atoms. The molecule has 1 heterocycles. The summed E-state index contributed by atoms with van der Waals surface area (Å²) in [6.07, 6.45) is 6.41. The van der Waals surface area contributed by atoms with Crippen LogP contribution in [0.25, 0.3) is 0 Å². The molecule has 2 aliphatic rings. The van der Waals surface area contributed by atoms with Gasteiger partial charge in [-0.25, -0.2) is 4.98 Å². The molecule has 0 radical (unpaired) electrons. The summed E-state index contributed by atoms with van der Waals surface area (Å²) in [6.45, 7) is 0.623. The van der Waals surface area contributed by atoms with Gasteiger partial charge in [0.15, 0.2) is 0 Å². The predicted octanol–water partition coefficient (Wildman–Crippen LogP) is 3.14. The van der Waals surface area contributed by atoms with E-state index >= 15 is 0 Å². The Kier molecular flexibility index (Phi) is 7.22. The summed E-state index contributed by atoms with van der Waals surface area (Å²) in [4.78, 5) is 39.8. The number of carbonyl (C=O) groups excluding carboxylic acids is 2. The molecule has 4 rings (SSSR count). The van der Waals surface area contributed by atoms with Gasteiger partial charge < -0.3 is 20.5 Å². The van der Waals surface area contributed by atoms with Crippen LogP contribution in [0.2, 0.25) is 0 Å². The maximum atomic E-state index is 12.3. The van der Waals surface area contributed by atoms with E-state index in [9.17, 15) is 14.4 Å². The minimum atomic E-state index is -0.746. The van der Waals surface area contributed by atoms with E-state index in [1.54, 1.807) is 12.1 Å². The second-order valence-corrected chi connectivity index (χ2v) is 8.72. The Labute approximate surface area is 192 Å². The number of ether oxygens (including phenoxy) is 1. The lowest BCUT2D eigenvalue weighted by Crippen LogP contribution is -2.34. The lowest BCUT2D eigenvalue weighted by Gasteiger charge is -2.26. The number of nitrogens with one attached hydrogen (secondary N) is 2. The first kappa shape index (κ1) is 22.8. The van der Waals surface area contributed by atoms with Crippen molar-refractivity contribution in [3.63, 3.8) is 0 Å². The van der Waals surface area contributed by atoms with Gasteiger partial charge in [0.25, 0.3) is 11.8 Å². The zero-order chi connectivity index (χ0) is 23.2. The minimum Gasteiger partial charge on any atom is -0.481 e. The van der Waals surface area contributed by atoms with E-state index in [0.717, 1.165) is 0 Å². The molecule has 0 aliphatic heterocycles. The van der Waals surface area contributed by atoms with Crippen LogP contribution >= 0.6 is 0 Å². The number of hydrogen-bond donors (Lipinski definition) is 3. The van der Waals surface area contributed by atoms with E-state index in [4.69, 9.17) is 9.84 Å². The van der Waals surface area contributed by atoms with Crippen LogP contribution in [-0.4, -0.2) is 47.1 Å². The molecule has 174 valence electrons. The number of carboxylic acid groups (broad SMARTS) is 1. The average Bonchev–Trinajstić information content (AvgIpc) is 3.68. The highest BCUT2D eigenvalue weighted by atomic mass is 16.5. The number of amides is 2. The van der Waals surface area contributed by atoms with Gasteiger partial charge in [-0.15, -0.1) is 0 Å². The summed E-state index contributed by atoms with van der Waals surface area (Å²) < 4.78 is 5.83. The fraction of sp³-hybridized carbons (Fsp3) is 0.440. The molecule has 2 saturated carbocycles. The fourth-order valence-corrected chi connectivity index (χ4v) is 4.06. The summed E-state index contributed by atoms with van der Waals surface area (Å²) >= 11 is 0. The molecule has 1 aromatic carbocycles. The highest BCUT2D eigenvalue weighted by Crippen LogP contribution is 2.39. The number of pyridine rings is 1. The molecule has 0 unspecified atom stereocenters. The molecule has 2 aromatic rings. The molecular formula is C25H29N3O5. The molecule has 1 aromatic heterocycles. The molecule has 2 amide bonds. The summed E-state index contributed by atoms with van der Waals surface area (Å²) in [7, 11) is 0. The second kappa shape index (κ2) is 10.5. The fourth-order valence-electron chi connectivity index (χ4n) is 4.06. The number of carbonyl (C=O) groups is 3. The number of aliphatic carboxylic acids is 1. The van der Waals surface area contributed by atoms with Gasteiger partial charge in [0.1, 0.15) is 6.10 Å². The maximum Gasteiger partial charge on any atom is 0.306 e. The van der Waals surface area contributed by atoms with Crippen LogP contribution < -0.4 is 15.4 Å². The maximum absolute atomic E-state index is 12.3. The zero-order valence-corrected chi connectivity index (χ0v) is 18.5. The Morgan fingerprint density at radius 2 is 1.45 bits per heavy atom. The highest BCUT2D eigenvalue weighted by molar-refractivity contribution is 5.95. The van der Waals surface area contributed by atoms with E-state index in [0.29, 0.717) is 61.7 Å². The zero-order valence-electron chi connectivity index (χ0n) is 18.5. The standard InChI is InChI=1S/C25H29N3O5/c29-23(18-5-3-17(4-6-18)16-1-2-16)26-13-14-27-24(30)20-9-12-22(28-15-20)33-21-10-7-19(8-11-21)25(31)32/h3-6,9,12,15-16,19,21H,1-2,7-8,10-11,13-14H2,(H,26,29)(H,27,30)(H,31,32)/t19-,21+. The Morgan fingerprint density at radius 1 is 0.848 bits per heavy atom. The van der Waals surface area contributed by atoms with Crippen molar-refractivity contribution in [1.29, 1.82) is 0 Å². The van der Waals surface area contributed by atoms with Crippen molar-refractivity contribution in [1.82, 2.24) is 15.6 Å². The Balaban J connectivity index is 1.16. The lowest BCUT2D eigenvalue weighted by atomic mass is 9.87. The molecule has 2 aliphatic carbocycles. The largest absolute Gasteiger partial charge is 0.481 e. The van der Waals surface area contributed by atoms with Crippen molar-refractivity contribution < 1.29 is 24.2 Å². The quantitative estimate of drug-likeness (QED) is 0.504. The first-order valence-corrected chi connectivity index (χ1v) is 11.5. The third-order valence-corrected chi connectivity index (χ3v) is 6.23. The van der Waals surface area contributed by atoms with Crippen molar-refractivity contribution in [2.75, 3.05) is 13.1 Å². The second-order valence-electron chi connectivity index (χ2n) is 8.72. The molecule has 33 heavy (non-hydrogen) atoms. The number of nitrogens with zero attached hydrogens (tertiary/aromatic N) is 1. The molecule has 0 atom stereocenters. The van der Waals surface area contributed by atoms with Crippen LogP contribution in [-0.2, 0) is 4.79 Å². The van der Waals surface area contributed by atoms with Gasteiger partial charge in [-0.3, -0.25) is 14.4 Å². The molecule has 3 N–H and O–H groups in total. The first-order valence-electron chi connectivity index (χ1n) is 11.5. The third-order valence-electron chi connectivity index (χ3n) is 6.23. The Morgan fingerprint density at radius 3 is 2.00 bits per heavy atom. The number of hydrogen-bond acceptors (Lipinski definition) is 5. The van der Waals surface area contributed by atoms with Gasteiger partial charge in [0, 0.05) is 30.9 Å². The van der Waals surface area contributed by atoms with Crippen molar-refractivity contribution in [2.45, 2.75) is 50.5 Å². The lowest BCUT2D eigenvalue weighted by molar-refractivity contribution is -0.143. The number of aromatic nitrogens is 1. The van der Waals surface area contributed by atoms with Crippen LogP contribution in [0.5, 0.6) is 5.88 Å². The molecule has 0 saturated heterocycles. The molecule has 8 nitrogen and oxygen atoms in total. The smallest absolute Gasteiger partial charge is 0.306 e. The number of rotatable bonds is 9.